The van der Waals surface area contributed by atoms with Gasteiger partial charge in [-0.25, -0.2) is 0 Å². The normalized spacial score (nSPS) is 11.9. The highest BCUT2D eigenvalue weighted by molar-refractivity contribution is 6.26. The van der Waals surface area contributed by atoms with E-state index in [2.05, 4.69) is 252 Å². The van der Waals surface area contributed by atoms with E-state index in [1.54, 1.807) is 0 Å². The number of rotatable bonds is 5. The van der Waals surface area contributed by atoms with Crippen molar-refractivity contribution in [3.8, 4) is 44.8 Å². The topological polar surface area (TPSA) is 9.86 Å². The van der Waals surface area contributed by atoms with Gasteiger partial charge in [0.05, 0.1) is 22.1 Å². The molecule has 306 valence electrons. The molecule has 0 aliphatic rings. The maximum atomic E-state index is 2.49. The van der Waals surface area contributed by atoms with Crippen molar-refractivity contribution in [3.63, 3.8) is 0 Å². The van der Waals surface area contributed by atoms with E-state index in [-0.39, 0.29) is 0 Å². The van der Waals surface area contributed by atoms with Crippen LogP contribution in [0.4, 0.5) is 0 Å². The van der Waals surface area contributed by atoms with Crippen LogP contribution < -0.4 is 0 Å². The van der Waals surface area contributed by atoms with Gasteiger partial charge in [0.15, 0.2) is 0 Å². The van der Waals surface area contributed by atoms with Crippen LogP contribution in [0.15, 0.2) is 243 Å². The predicted octanol–water partition coefficient (Wildman–Crippen LogP) is 17.5. The molecule has 2 nitrogen and oxygen atoms in total. The fraction of sp³-hybridized carbons (Fsp3) is 0. The fourth-order valence-corrected chi connectivity index (χ4v) is 11.2. The van der Waals surface area contributed by atoms with Gasteiger partial charge >= 0.3 is 0 Å². The van der Waals surface area contributed by atoms with Crippen molar-refractivity contribution in [3.05, 3.63) is 243 Å². The molecule has 0 bridgehead atoms. The maximum absolute atomic E-state index is 2.49. The third-order valence-electron chi connectivity index (χ3n) is 14.1. The Kier molecular flexibility index (Phi) is 8.02. The van der Waals surface area contributed by atoms with Crippen LogP contribution in [-0.2, 0) is 0 Å². The molecule has 14 rings (SSSR count). The molecule has 2 heteroatoms. The highest BCUT2D eigenvalue weighted by Crippen LogP contribution is 2.48. The van der Waals surface area contributed by atoms with Crippen LogP contribution in [0.2, 0.25) is 0 Å². The monoisotopic (exact) mass is 836 g/mol. The minimum absolute atomic E-state index is 1.16. The van der Waals surface area contributed by atoms with E-state index in [1.807, 2.05) is 0 Å². The Morgan fingerprint density at radius 3 is 1.08 bits per heavy atom. The highest BCUT2D eigenvalue weighted by atomic mass is 15.0. The van der Waals surface area contributed by atoms with E-state index < -0.39 is 0 Å². The molecule has 2 aromatic heterocycles. The second kappa shape index (κ2) is 14.4. The number of aromatic nitrogens is 2. The van der Waals surface area contributed by atoms with E-state index in [4.69, 9.17) is 0 Å². The van der Waals surface area contributed by atoms with Crippen LogP contribution >= 0.6 is 0 Å². The van der Waals surface area contributed by atoms with Crippen molar-refractivity contribution in [1.29, 1.82) is 0 Å². The van der Waals surface area contributed by atoms with Gasteiger partial charge in [-0.1, -0.05) is 182 Å². The van der Waals surface area contributed by atoms with Gasteiger partial charge in [-0.3, -0.25) is 0 Å². The minimum atomic E-state index is 1.16. The molecule has 2 heterocycles. The summed E-state index contributed by atoms with van der Waals surface area (Å²) >= 11 is 0. The van der Waals surface area contributed by atoms with E-state index in [0.717, 1.165) is 11.4 Å². The largest absolute Gasteiger partial charge is 0.309 e. The predicted molar refractivity (Wildman–Crippen MR) is 281 cm³/mol. The zero-order valence-electron chi connectivity index (χ0n) is 36.0. The molecule has 0 aliphatic heterocycles. The van der Waals surface area contributed by atoms with Gasteiger partial charge in [-0.05, 0) is 137 Å². The molecule has 0 aliphatic carbocycles. The Labute approximate surface area is 381 Å². The second-order valence-corrected chi connectivity index (χ2v) is 17.6. The molecule has 66 heavy (non-hydrogen) atoms. The molecule has 0 saturated carbocycles. The first-order chi connectivity index (χ1) is 32.8. The molecule has 0 fully saturated rings. The first-order valence-corrected chi connectivity index (χ1v) is 22.8. The van der Waals surface area contributed by atoms with E-state index in [1.165, 1.54) is 120 Å². The van der Waals surface area contributed by atoms with Crippen LogP contribution in [0.25, 0.3) is 131 Å². The van der Waals surface area contributed by atoms with E-state index in [9.17, 15) is 0 Å². The highest BCUT2D eigenvalue weighted by Gasteiger charge is 2.22. The van der Waals surface area contributed by atoms with Crippen LogP contribution in [-0.4, -0.2) is 9.13 Å². The summed E-state index contributed by atoms with van der Waals surface area (Å²) in [5.74, 6) is 0. The number of fused-ring (bicyclic) bond motifs is 10. The van der Waals surface area contributed by atoms with Gasteiger partial charge in [0.1, 0.15) is 0 Å². The quantitative estimate of drug-likeness (QED) is 0.153. The summed E-state index contributed by atoms with van der Waals surface area (Å²) in [7, 11) is 0. The molecule has 0 amide bonds. The van der Waals surface area contributed by atoms with Gasteiger partial charge in [0.2, 0.25) is 0 Å². The van der Waals surface area contributed by atoms with Gasteiger partial charge in [0.25, 0.3) is 0 Å². The Morgan fingerprint density at radius 1 is 0.212 bits per heavy atom. The standard InChI is InChI=1S/C64H40N2/c1-3-19-45(20-4-1)65-59-31-13-11-25-51(59)53-35-33-43(38-61(53)65)47-27-15-29-55-57(47)40-58-48(44-34-36-54-52-26-12-14-32-60(52)66(62(54)39-44)46-21-5-2-6-22-46)28-16-30-56(58)64(55)63-49-23-9-7-17-41(49)37-42-18-8-10-24-50(42)63/h1-40H. The lowest BCUT2D eigenvalue weighted by Crippen LogP contribution is -1.94. The van der Waals surface area contributed by atoms with Crippen LogP contribution in [0, 0.1) is 0 Å². The van der Waals surface area contributed by atoms with Crippen molar-refractivity contribution < 1.29 is 0 Å². The molecular formula is C64H40N2. The lowest BCUT2D eigenvalue weighted by atomic mass is 9.83. The summed E-state index contributed by atoms with van der Waals surface area (Å²) in [6, 6.07) is 89.8. The summed E-state index contributed by atoms with van der Waals surface area (Å²) in [5, 5.41) is 14.9. The average molecular weight is 837 g/mol. The summed E-state index contributed by atoms with van der Waals surface area (Å²) < 4.78 is 4.84. The van der Waals surface area contributed by atoms with Gasteiger partial charge in [-0.2, -0.15) is 0 Å². The zero-order valence-corrected chi connectivity index (χ0v) is 36.0. The van der Waals surface area contributed by atoms with E-state index >= 15 is 0 Å². The number of nitrogens with zero attached hydrogens (tertiary/aromatic N) is 2. The number of para-hydroxylation sites is 4. The van der Waals surface area contributed by atoms with Crippen molar-refractivity contribution in [2.45, 2.75) is 0 Å². The first kappa shape index (κ1) is 36.7. The minimum Gasteiger partial charge on any atom is -0.309 e. The van der Waals surface area contributed by atoms with Gasteiger partial charge < -0.3 is 9.13 Å². The van der Waals surface area contributed by atoms with Crippen LogP contribution in [0.3, 0.4) is 0 Å². The third kappa shape index (κ3) is 5.42. The molecule has 0 unspecified atom stereocenters. The Hall–Kier alpha value is -8.72. The molecule has 0 saturated heterocycles. The van der Waals surface area contributed by atoms with Crippen LogP contribution in [0.1, 0.15) is 0 Å². The van der Waals surface area contributed by atoms with Crippen molar-refractivity contribution >= 4 is 86.7 Å². The SMILES string of the molecule is c1ccc(-n2c3ccccc3c3ccc(-c4cccc5c(-c6c7ccccc7cc7ccccc67)c6cccc(-c7ccc8c9ccccc9n(-c9ccccc9)c8c7)c6cc45)cc32)cc1. The number of hydrogen-bond donors (Lipinski definition) is 0. The molecular weight excluding hydrogens is 797 g/mol. The molecule has 12 aromatic carbocycles. The van der Waals surface area contributed by atoms with Crippen molar-refractivity contribution in [2.24, 2.45) is 0 Å². The number of benzene rings is 12. The number of hydrogen-bond acceptors (Lipinski definition) is 0. The maximum Gasteiger partial charge on any atom is 0.0547 e. The lowest BCUT2D eigenvalue weighted by Gasteiger charge is -2.20. The van der Waals surface area contributed by atoms with Crippen molar-refractivity contribution in [2.75, 3.05) is 0 Å². The molecule has 0 atom stereocenters. The average Bonchev–Trinajstić information content (AvgIpc) is 3.89. The summed E-state index contributed by atoms with van der Waals surface area (Å²) in [6.45, 7) is 0. The first-order valence-electron chi connectivity index (χ1n) is 22.8. The fourth-order valence-electron chi connectivity index (χ4n) is 11.2. The molecule has 0 N–H and O–H groups in total. The van der Waals surface area contributed by atoms with Gasteiger partial charge in [-0.15, -0.1) is 0 Å². The third-order valence-corrected chi connectivity index (χ3v) is 14.1. The summed E-state index contributed by atoms with van der Waals surface area (Å²) in [6.07, 6.45) is 0. The molecule has 14 aromatic rings. The Balaban J connectivity index is 1.10. The summed E-state index contributed by atoms with van der Waals surface area (Å²) in [5.41, 5.74) is 14.4. The Morgan fingerprint density at radius 2 is 0.591 bits per heavy atom. The second-order valence-electron chi connectivity index (χ2n) is 17.6. The smallest absolute Gasteiger partial charge is 0.0547 e. The lowest BCUT2D eigenvalue weighted by molar-refractivity contribution is 1.18. The Bertz CT molecular complexity index is 4000. The van der Waals surface area contributed by atoms with E-state index in [0.29, 0.717) is 0 Å². The van der Waals surface area contributed by atoms with Crippen LogP contribution in [0.5, 0.6) is 0 Å². The van der Waals surface area contributed by atoms with Gasteiger partial charge in [0, 0.05) is 32.9 Å². The van der Waals surface area contributed by atoms with Crippen molar-refractivity contribution in [1.82, 2.24) is 9.13 Å². The summed E-state index contributed by atoms with van der Waals surface area (Å²) in [4.78, 5) is 0. The molecule has 0 radical (unpaired) electrons. The zero-order chi connectivity index (χ0) is 43.3. The molecule has 0 spiro atoms.